The Kier molecular flexibility index (Phi) is 6.13. The molecule has 0 aromatic heterocycles. The first-order valence-electron chi connectivity index (χ1n) is 9.38. The smallest absolute Gasteiger partial charge is 0.194 e. The van der Waals surface area contributed by atoms with Crippen molar-refractivity contribution in [2.24, 2.45) is 10.9 Å². The first-order valence-corrected chi connectivity index (χ1v) is 9.38. The zero-order valence-electron chi connectivity index (χ0n) is 15.0. The largest absolute Gasteiger partial charge is 0.505 e. The fourth-order valence-electron chi connectivity index (χ4n) is 3.75. The predicted octanol–water partition coefficient (Wildman–Crippen LogP) is 2.41. The molecule has 138 valence electrons. The molecule has 0 saturated carbocycles. The van der Waals surface area contributed by atoms with E-state index in [2.05, 4.69) is 27.0 Å². The number of nitrogens with one attached hydrogen (secondary N) is 1. The summed E-state index contributed by atoms with van der Waals surface area (Å²) in [6, 6.07) is 4.45. The van der Waals surface area contributed by atoms with Gasteiger partial charge in [-0.2, -0.15) is 0 Å². The highest BCUT2D eigenvalue weighted by Crippen LogP contribution is 2.21. The highest BCUT2D eigenvalue weighted by atomic mass is 19.1. The van der Waals surface area contributed by atoms with E-state index in [0.717, 1.165) is 31.2 Å². The molecule has 1 unspecified atom stereocenters. The van der Waals surface area contributed by atoms with E-state index in [0.29, 0.717) is 12.5 Å². The highest BCUT2D eigenvalue weighted by molar-refractivity contribution is 5.80. The van der Waals surface area contributed by atoms with Crippen LogP contribution in [0.3, 0.4) is 0 Å². The van der Waals surface area contributed by atoms with Crippen LogP contribution in [0, 0.1) is 11.7 Å². The average molecular weight is 348 g/mol. The van der Waals surface area contributed by atoms with E-state index in [-0.39, 0.29) is 5.75 Å². The van der Waals surface area contributed by atoms with Gasteiger partial charge in [-0.15, -0.1) is 0 Å². The summed E-state index contributed by atoms with van der Waals surface area (Å²) in [6.07, 6.45) is 3.88. The lowest BCUT2D eigenvalue weighted by Crippen LogP contribution is -2.40. The Labute approximate surface area is 149 Å². The Balaban J connectivity index is 1.59. The second-order valence-electron chi connectivity index (χ2n) is 7.06. The van der Waals surface area contributed by atoms with Gasteiger partial charge in [0.05, 0.1) is 6.54 Å². The number of likely N-dealkylation sites (tertiary alicyclic amines) is 2. The summed E-state index contributed by atoms with van der Waals surface area (Å²) in [5, 5.41) is 12.6. The maximum Gasteiger partial charge on any atom is 0.194 e. The number of phenols is 1. The van der Waals surface area contributed by atoms with Crippen molar-refractivity contribution in [2.45, 2.75) is 32.7 Å². The van der Waals surface area contributed by atoms with Crippen molar-refractivity contribution < 1.29 is 9.50 Å². The number of nitrogens with zero attached hydrogens (tertiary/aromatic N) is 3. The van der Waals surface area contributed by atoms with Crippen LogP contribution in [-0.4, -0.2) is 60.1 Å². The van der Waals surface area contributed by atoms with Crippen LogP contribution in [0.5, 0.6) is 5.75 Å². The zero-order chi connectivity index (χ0) is 17.6. The van der Waals surface area contributed by atoms with E-state index < -0.39 is 5.82 Å². The maximum absolute atomic E-state index is 13.5. The Hall–Kier alpha value is -1.82. The van der Waals surface area contributed by atoms with Crippen molar-refractivity contribution in [1.82, 2.24) is 15.1 Å². The van der Waals surface area contributed by atoms with E-state index in [9.17, 15) is 9.50 Å². The van der Waals surface area contributed by atoms with Gasteiger partial charge in [-0.25, -0.2) is 9.38 Å². The van der Waals surface area contributed by atoms with Crippen molar-refractivity contribution in [2.75, 3.05) is 39.3 Å². The summed E-state index contributed by atoms with van der Waals surface area (Å²) >= 11 is 0. The Morgan fingerprint density at radius 2 is 2.12 bits per heavy atom. The van der Waals surface area contributed by atoms with Crippen LogP contribution in [0.1, 0.15) is 31.7 Å². The minimum Gasteiger partial charge on any atom is -0.505 e. The third-order valence-electron chi connectivity index (χ3n) is 5.06. The molecule has 0 aliphatic carbocycles. The van der Waals surface area contributed by atoms with Crippen LogP contribution >= 0.6 is 0 Å². The molecule has 0 radical (unpaired) electrons. The molecule has 6 heteroatoms. The summed E-state index contributed by atoms with van der Waals surface area (Å²) < 4.78 is 13.5. The van der Waals surface area contributed by atoms with Crippen molar-refractivity contribution in [3.8, 4) is 5.75 Å². The SMILES string of the molecule is CCNC(=NCc1ccc(O)c(F)c1)N1CCC(CN2CCCC2)C1. The molecule has 2 saturated heterocycles. The lowest BCUT2D eigenvalue weighted by Gasteiger charge is -2.23. The van der Waals surface area contributed by atoms with Crippen molar-refractivity contribution in [3.05, 3.63) is 29.6 Å². The summed E-state index contributed by atoms with van der Waals surface area (Å²) in [5.74, 6) is 0.696. The van der Waals surface area contributed by atoms with Gasteiger partial charge in [0.25, 0.3) is 0 Å². The molecule has 0 amide bonds. The van der Waals surface area contributed by atoms with Crippen LogP contribution in [0.2, 0.25) is 0 Å². The monoisotopic (exact) mass is 348 g/mol. The second-order valence-corrected chi connectivity index (χ2v) is 7.06. The normalized spacial score (nSPS) is 21.9. The standard InChI is InChI=1S/C19H29FN4O/c1-2-21-19(22-12-15-5-6-18(25)17(20)11-15)24-10-7-16(14-24)13-23-8-3-4-9-23/h5-6,11,16,25H,2-4,7-10,12-14H2,1H3,(H,21,22). The van der Waals surface area contributed by atoms with Crippen LogP contribution in [-0.2, 0) is 6.54 Å². The Morgan fingerprint density at radius 1 is 1.32 bits per heavy atom. The van der Waals surface area contributed by atoms with Gasteiger partial charge in [0, 0.05) is 26.2 Å². The molecule has 2 aliphatic rings. The molecule has 0 bridgehead atoms. The molecule has 1 atom stereocenters. The predicted molar refractivity (Wildman–Crippen MR) is 98.2 cm³/mol. The van der Waals surface area contributed by atoms with Crippen molar-refractivity contribution in [1.29, 1.82) is 0 Å². The average Bonchev–Trinajstić information content (AvgIpc) is 3.27. The third kappa shape index (κ3) is 4.84. The number of aromatic hydroxyl groups is 1. The molecule has 1 aromatic rings. The highest BCUT2D eigenvalue weighted by Gasteiger charge is 2.27. The van der Waals surface area contributed by atoms with Gasteiger partial charge < -0.3 is 20.2 Å². The molecular formula is C19H29FN4O. The van der Waals surface area contributed by atoms with Gasteiger partial charge in [0.1, 0.15) is 0 Å². The number of guanidine groups is 1. The van der Waals surface area contributed by atoms with Gasteiger partial charge in [-0.1, -0.05) is 6.07 Å². The molecule has 2 heterocycles. The van der Waals surface area contributed by atoms with Crippen molar-refractivity contribution >= 4 is 5.96 Å². The summed E-state index contributed by atoms with van der Waals surface area (Å²) in [7, 11) is 0. The van der Waals surface area contributed by atoms with E-state index in [1.54, 1.807) is 6.07 Å². The molecule has 1 aromatic carbocycles. The number of hydrogen-bond acceptors (Lipinski definition) is 3. The number of hydrogen-bond donors (Lipinski definition) is 2. The molecule has 5 nitrogen and oxygen atoms in total. The van der Waals surface area contributed by atoms with Crippen LogP contribution < -0.4 is 5.32 Å². The quantitative estimate of drug-likeness (QED) is 0.634. The van der Waals surface area contributed by atoms with Gasteiger partial charge >= 0.3 is 0 Å². The topological polar surface area (TPSA) is 51.1 Å². The van der Waals surface area contributed by atoms with E-state index in [1.807, 2.05) is 0 Å². The van der Waals surface area contributed by atoms with E-state index in [1.165, 1.54) is 51.0 Å². The summed E-state index contributed by atoms with van der Waals surface area (Å²) in [4.78, 5) is 9.57. The molecule has 2 N–H and O–H groups in total. The lowest BCUT2D eigenvalue weighted by atomic mass is 10.1. The maximum atomic E-state index is 13.5. The molecule has 2 aliphatic heterocycles. The fraction of sp³-hybridized carbons (Fsp3) is 0.632. The second kappa shape index (κ2) is 8.52. The summed E-state index contributed by atoms with van der Waals surface area (Å²) in [5.41, 5.74) is 0.763. The molecule has 2 fully saturated rings. The summed E-state index contributed by atoms with van der Waals surface area (Å²) in [6.45, 7) is 9.03. The number of phenolic OH excluding ortho intramolecular Hbond substituents is 1. The number of aliphatic imine (C=N–C) groups is 1. The van der Waals surface area contributed by atoms with Crippen molar-refractivity contribution in [3.63, 3.8) is 0 Å². The first kappa shape index (κ1) is 18.0. The van der Waals surface area contributed by atoms with Crippen LogP contribution in [0.4, 0.5) is 4.39 Å². The lowest BCUT2D eigenvalue weighted by molar-refractivity contribution is 0.281. The molecule has 25 heavy (non-hydrogen) atoms. The van der Waals surface area contributed by atoms with Gasteiger partial charge in [0.15, 0.2) is 17.5 Å². The molecule has 3 rings (SSSR count). The third-order valence-corrected chi connectivity index (χ3v) is 5.06. The van der Waals surface area contributed by atoms with Crippen LogP contribution in [0.15, 0.2) is 23.2 Å². The van der Waals surface area contributed by atoms with Crippen LogP contribution in [0.25, 0.3) is 0 Å². The van der Waals surface area contributed by atoms with Gasteiger partial charge in [-0.3, -0.25) is 0 Å². The minimum atomic E-state index is -0.593. The van der Waals surface area contributed by atoms with Gasteiger partial charge in [0.2, 0.25) is 0 Å². The van der Waals surface area contributed by atoms with E-state index in [4.69, 9.17) is 0 Å². The molecule has 0 spiro atoms. The number of rotatable bonds is 5. The first-order chi connectivity index (χ1) is 12.2. The zero-order valence-corrected chi connectivity index (χ0v) is 15.0. The Bertz CT molecular complexity index is 601. The fourth-order valence-corrected chi connectivity index (χ4v) is 3.75. The minimum absolute atomic E-state index is 0.316. The van der Waals surface area contributed by atoms with Gasteiger partial charge in [-0.05, 0) is 62.9 Å². The number of benzene rings is 1. The Morgan fingerprint density at radius 3 is 2.84 bits per heavy atom. The van der Waals surface area contributed by atoms with E-state index >= 15 is 0 Å². The molecular weight excluding hydrogens is 319 g/mol. The number of halogens is 1.